The number of esters is 1. The van der Waals surface area contributed by atoms with Gasteiger partial charge in [-0.25, -0.2) is 0 Å². The highest BCUT2D eigenvalue weighted by molar-refractivity contribution is 5.69. The molecular weight excluding hydrogens is 308 g/mol. The molecule has 0 saturated carbocycles. The van der Waals surface area contributed by atoms with Crippen molar-refractivity contribution in [1.82, 2.24) is 0 Å². The molecule has 1 aromatic rings. The highest BCUT2D eigenvalue weighted by Gasteiger charge is 2.00. The minimum atomic E-state index is -0.0339. The lowest BCUT2D eigenvalue weighted by Crippen LogP contribution is -2.03. The lowest BCUT2D eigenvalue weighted by atomic mass is 10.1. The summed E-state index contributed by atoms with van der Waals surface area (Å²) in [4.78, 5) is 11.1. The number of hydrogen-bond donors (Lipinski definition) is 0. The minimum Gasteiger partial charge on any atom is -0.466 e. The van der Waals surface area contributed by atoms with Crippen molar-refractivity contribution in [1.29, 1.82) is 0 Å². The Morgan fingerprint density at radius 3 is 1.36 bits per heavy atom. The Labute approximate surface area is 157 Å². The molecule has 0 amide bonds. The summed E-state index contributed by atoms with van der Waals surface area (Å²) >= 11 is 0. The van der Waals surface area contributed by atoms with Crippen molar-refractivity contribution in [3.05, 3.63) is 36.4 Å². The monoisotopic (exact) mass is 350 g/mol. The second-order valence-electron chi connectivity index (χ2n) is 6.25. The van der Waals surface area contributed by atoms with Gasteiger partial charge in [-0.1, -0.05) is 115 Å². The topological polar surface area (TPSA) is 26.3 Å². The molecule has 1 aromatic carbocycles. The number of carbonyl (C=O) groups is 1. The van der Waals surface area contributed by atoms with Gasteiger partial charge in [0.15, 0.2) is 0 Å². The average molecular weight is 351 g/mol. The van der Waals surface area contributed by atoms with Crippen molar-refractivity contribution in [2.75, 3.05) is 6.61 Å². The molecule has 0 bridgehead atoms. The first kappa shape index (κ1) is 25.9. The summed E-state index contributed by atoms with van der Waals surface area (Å²) in [5.41, 5.74) is 0. The van der Waals surface area contributed by atoms with Crippen LogP contribution in [-0.2, 0) is 9.53 Å². The summed E-state index contributed by atoms with van der Waals surface area (Å²) in [5, 5.41) is 0. The SMILES string of the molecule is C.CCCCCCCCCCCCCC(=O)OCC.c1ccccc1. The van der Waals surface area contributed by atoms with Crippen LogP contribution in [0.2, 0.25) is 0 Å². The molecule has 0 spiro atoms. The number of unbranched alkanes of at least 4 members (excludes halogenated alkanes) is 10. The van der Waals surface area contributed by atoms with E-state index in [-0.39, 0.29) is 13.4 Å². The Bertz CT molecular complexity index is 322. The number of benzene rings is 1. The summed E-state index contributed by atoms with van der Waals surface area (Å²) in [7, 11) is 0. The van der Waals surface area contributed by atoms with Gasteiger partial charge in [-0.15, -0.1) is 0 Å². The smallest absolute Gasteiger partial charge is 0.305 e. The van der Waals surface area contributed by atoms with Gasteiger partial charge in [0.1, 0.15) is 0 Å². The molecule has 146 valence electrons. The maximum absolute atomic E-state index is 11.1. The van der Waals surface area contributed by atoms with E-state index in [2.05, 4.69) is 6.92 Å². The predicted molar refractivity (Wildman–Crippen MR) is 111 cm³/mol. The van der Waals surface area contributed by atoms with Crippen LogP contribution >= 0.6 is 0 Å². The maximum atomic E-state index is 11.1. The van der Waals surface area contributed by atoms with Gasteiger partial charge >= 0.3 is 5.97 Å². The standard InChI is InChI=1S/C16H32O2.C6H6.CH4/c1-3-5-6-7-8-9-10-11-12-13-14-15-16(17)18-4-2;1-2-4-6-5-3-1;/h3-15H2,1-2H3;1-6H;1H4. The van der Waals surface area contributed by atoms with Gasteiger partial charge in [-0.3, -0.25) is 4.79 Å². The minimum absolute atomic E-state index is 0. The van der Waals surface area contributed by atoms with Gasteiger partial charge in [-0.2, -0.15) is 0 Å². The lowest BCUT2D eigenvalue weighted by Gasteiger charge is -2.03. The first-order valence-electron chi connectivity index (χ1n) is 9.96. The molecule has 0 atom stereocenters. The van der Waals surface area contributed by atoms with Crippen LogP contribution in [0.15, 0.2) is 36.4 Å². The first-order valence-corrected chi connectivity index (χ1v) is 9.96. The zero-order chi connectivity index (χ0) is 17.7. The van der Waals surface area contributed by atoms with Gasteiger partial charge in [0, 0.05) is 6.42 Å². The molecule has 2 heteroatoms. The van der Waals surface area contributed by atoms with Crippen LogP contribution in [-0.4, -0.2) is 12.6 Å². The third-order valence-electron chi connectivity index (χ3n) is 3.96. The number of rotatable bonds is 13. The molecular formula is C23H42O2. The molecule has 2 nitrogen and oxygen atoms in total. The van der Waals surface area contributed by atoms with Gasteiger partial charge in [0.05, 0.1) is 6.61 Å². The van der Waals surface area contributed by atoms with Crippen LogP contribution in [0, 0.1) is 0 Å². The van der Waals surface area contributed by atoms with E-state index in [9.17, 15) is 4.79 Å². The summed E-state index contributed by atoms with van der Waals surface area (Å²) in [5.74, 6) is -0.0339. The van der Waals surface area contributed by atoms with Gasteiger partial charge in [0.25, 0.3) is 0 Å². The van der Waals surface area contributed by atoms with Crippen LogP contribution in [0.3, 0.4) is 0 Å². The molecule has 0 N–H and O–H groups in total. The Morgan fingerprint density at radius 1 is 0.640 bits per heavy atom. The quantitative estimate of drug-likeness (QED) is 0.271. The second-order valence-corrected chi connectivity index (χ2v) is 6.25. The number of ether oxygens (including phenoxy) is 1. The van der Waals surface area contributed by atoms with Crippen LogP contribution in [0.25, 0.3) is 0 Å². The zero-order valence-corrected chi connectivity index (χ0v) is 16.0. The molecule has 0 fully saturated rings. The van der Waals surface area contributed by atoms with E-state index >= 15 is 0 Å². The second kappa shape index (κ2) is 22.7. The van der Waals surface area contributed by atoms with Gasteiger partial charge in [-0.05, 0) is 13.3 Å². The normalized spacial score (nSPS) is 9.52. The molecule has 0 saturated heterocycles. The van der Waals surface area contributed by atoms with Gasteiger partial charge in [0.2, 0.25) is 0 Å². The lowest BCUT2D eigenvalue weighted by molar-refractivity contribution is -0.143. The Hall–Kier alpha value is -1.31. The van der Waals surface area contributed by atoms with E-state index in [0.717, 1.165) is 6.42 Å². The maximum Gasteiger partial charge on any atom is 0.305 e. The third-order valence-corrected chi connectivity index (χ3v) is 3.96. The predicted octanol–water partition coefficient (Wildman–Crippen LogP) is 7.57. The highest BCUT2D eigenvalue weighted by Crippen LogP contribution is 2.12. The van der Waals surface area contributed by atoms with Crippen molar-refractivity contribution in [2.45, 2.75) is 98.3 Å². The fourth-order valence-corrected chi connectivity index (χ4v) is 2.55. The molecule has 0 heterocycles. The third kappa shape index (κ3) is 22.7. The number of hydrogen-bond acceptors (Lipinski definition) is 2. The Balaban J connectivity index is 0. The van der Waals surface area contributed by atoms with Crippen LogP contribution < -0.4 is 0 Å². The highest BCUT2D eigenvalue weighted by atomic mass is 16.5. The van der Waals surface area contributed by atoms with Crippen molar-refractivity contribution >= 4 is 5.97 Å². The Kier molecular flexibility index (Phi) is 23.5. The summed E-state index contributed by atoms with van der Waals surface area (Å²) < 4.78 is 4.89. The van der Waals surface area contributed by atoms with Crippen LogP contribution in [0.1, 0.15) is 98.3 Å². The van der Waals surface area contributed by atoms with Gasteiger partial charge < -0.3 is 4.74 Å². The molecule has 0 aliphatic heterocycles. The number of carbonyl (C=O) groups excluding carboxylic acids is 1. The molecule has 0 radical (unpaired) electrons. The Morgan fingerprint density at radius 2 is 1.00 bits per heavy atom. The van der Waals surface area contributed by atoms with Crippen molar-refractivity contribution in [2.24, 2.45) is 0 Å². The molecule has 1 rings (SSSR count). The molecule has 0 aliphatic carbocycles. The van der Waals surface area contributed by atoms with Crippen LogP contribution in [0.5, 0.6) is 0 Å². The van der Waals surface area contributed by atoms with Crippen LogP contribution in [0.4, 0.5) is 0 Å². The molecule has 0 aromatic heterocycles. The van der Waals surface area contributed by atoms with E-state index in [4.69, 9.17) is 4.74 Å². The average Bonchev–Trinajstić information content (AvgIpc) is 2.62. The molecule has 25 heavy (non-hydrogen) atoms. The van der Waals surface area contributed by atoms with E-state index in [1.165, 1.54) is 64.2 Å². The van der Waals surface area contributed by atoms with Crippen molar-refractivity contribution in [3.8, 4) is 0 Å². The largest absolute Gasteiger partial charge is 0.466 e. The van der Waals surface area contributed by atoms with E-state index in [1.807, 2.05) is 43.3 Å². The zero-order valence-electron chi connectivity index (χ0n) is 16.0. The summed E-state index contributed by atoms with van der Waals surface area (Å²) in [6.45, 7) is 4.63. The molecule has 0 aliphatic rings. The van der Waals surface area contributed by atoms with E-state index in [1.54, 1.807) is 0 Å². The molecule has 0 unspecified atom stereocenters. The summed E-state index contributed by atoms with van der Waals surface area (Å²) in [6, 6.07) is 12.0. The van der Waals surface area contributed by atoms with E-state index < -0.39 is 0 Å². The fraction of sp³-hybridized carbons (Fsp3) is 0.696. The fourth-order valence-electron chi connectivity index (χ4n) is 2.55. The van der Waals surface area contributed by atoms with Crippen molar-refractivity contribution in [3.63, 3.8) is 0 Å². The van der Waals surface area contributed by atoms with E-state index in [0.29, 0.717) is 13.0 Å². The first-order chi connectivity index (χ1) is 11.8. The van der Waals surface area contributed by atoms with Crippen molar-refractivity contribution < 1.29 is 9.53 Å². The summed E-state index contributed by atoms with van der Waals surface area (Å²) in [6.07, 6.45) is 15.1.